The van der Waals surface area contributed by atoms with Gasteiger partial charge in [0.15, 0.2) is 0 Å². The minimum atomic E-state index is 0.315. The van der Waals surface area contributed by atoms with Crippen molar-refractivity contribution < 1.29 is 4.74 Å². The van der Waals surface area contributed by atoms with Crippen LogP contribution in [0.4, 0.5) is 0 Å². The average Bonchev–Trinajstić information content (AvgIpc) is 3.35. The number of benzene rings is 1. The normalized spacial score (nSPS) is 12.6. The van der Waals surface area contributed by atoms with Crippen LogP contribution in [0.2, 0.25) is 0 Å². The first-order valence-electron chi connectivity index (χ1n) is 9.38. The van der Waals surface area contributed by atoms with Gasteiger partial charge in [-0.05, 0) is 55.5 Å². The zero-order valence-electron chi connectivity index (χ0n) is 16.7. The minimum absolute atomic E-state index is 0.315. The Morgan fingerprint density at radius 3 is 2.68 bits per heavy atom. The Balaban J connectivity index is 1.90. The lowest BCUT2D eigenvalue weighted by Gasteiger charge is -2.20. The molecule has 0 saturated heterocycles. The lowest BCUT2D eigenvalue weighted by molar-refractivity contribution is 0.339. The van der Waals surface area contributed by atoms with Crippen molar-refractivity contribution in [1.29, 1.82) is 0 Å². The van der Waals surface area contributed by atoms with Crippen LogP contribution in [0.1, 0.15) is 13.0 Å². The van der Waals surface area contributed by atoms with Crippen LogP contribution in [0.15, 0.2) is 59.7 Å². The third kappa shape index (κ3) is 3.43. The van der Waals surface area contributed by atoms with Crippen molar-refractivity contribution >= 4 is 22.2 Å². The highest BCUT2D eigenvalue weighted by Crippen LogP contribution is 2.38. The number of hydrogen-bond acceptors (Lipinski definition) is 4. The number of nitrogens with zero attached hydrogens (tertiary/aromatic N) is 3. The van der Waals surface area contributed by atoms with E-state index in [4.69, 9.17) is 4.74 Å². The largest absolute Gasteiger partial charge is 0.495 e. The Hall–Kier alpha value is -2.63. The summed E-state index contributed by atoms with van der Waals surface area (Å²) in [5.74, 6) is 0.899. The van der Waals surface area contributed by atoms with E-state index < -0.39 is 0 Å². The van der Waals surface area contributed by atoms with Gasteiger partial charge in [0.1, 0.15) is 5.75 Å². The molecular formula is C23H25N3OS. The van der Waals surface area contributed by atoms with E-state index in [2.05, 4.69) is 76.7 Å². The van der Waals surface area contributed by atoms with Crippen molar-refractivity contribution in [2.75, 3.05) is 27.7 Å². The predicted molar refractivity (Wildman–Crippen MR) is 118 cm³/mol. The smallest absolute Gasteiger partial charge is 0.143 e. The molecule has 3 heterocycles. The summed E-state index contributed by atoms with van der Waals surface area (Å²) in [5.41, 5.74) is 5.79. The first-order valence-corrected chi connectivity index (χ1v) is 10.3. The van der Waals surface area contributed by atoms with Gasteiger partial charge in [0.25, 0.3) is 0 Å². The van der Waals surface area contributed by atoms with Gasteiger partial charge in [0.05, 0.1) is 12.6 Å². The molecule has 0 aliphatic carbocycles. The van der Waals surface area contributed by atoms with Crippen LogP contribution in [-0.2, 0) is 0 Å². The van der Waals surface area contributed by atoms with E-state index >= 15 is 0 Å². The molecule has 0 bridgehead atoms. The van der Waals surface area contributed by atoms with E-state index in [9.17, 15) is 0 Å². The molecular weight excluding hydrogens is 366 g/mol. The summed E-state index contributed by atoms with van der Waals surface area (Å²) in [5, 5.41) is 5.45. The lowest BCUT2D eigenvalue weighted by atomic mass is 10.0. The predicted octanol–water partition coefficient (Wildman–Crippen LogP) is 5.56. The van der Waals surface area contributed by atoms with Crippen molar-refractivity contribution in [3.8, 4) is 28.0 Å². The molecule has 4 aromatic rings. The van der Waals surface area contributed by atoms with Gasteiger partial charge in [-0.25, -0.2) is 0 Å². The van der Waals surface area contributed by atoms with Crippen LogP contribution in [0.25, 0.3) is 33.2 Å². The number of rotatable bonds is 6. The summed E-state index contributed by atoms with van der Waals surface area (Å²) >= 11 is 1.70. The molecule has 0 radical (unpaired) electrons. The van der Waals surface area contributed by atoms with Gasteiger partial charge in [0, 0.05) is 53.3 Å². The molecule has 3 aromatic heterocycles. The summed E-state index contributed by atoms with van der Waals surface area (Å²) in [7, 11) is 5.95. The van der Waals surface area contributed by atoms with Crippen LogP contribution in [0, 0.1) is 0 Å². The second-order valence-corrected chi connectivity index (χ2v) is 8.17. The summed E-state index contributed by atoms with van der Waals surface area (Å²) in [6, 6.07) is 10.9. The van der Waals surface area contributed by atoms with Gasteiger partial charge in [-0.15, -0.1) is 0 Å². The van der Waals surface area contributed by atoms with Crippen molar-refractivity contribution in [2.45, 2.75) is 13.0 Å². The summed E-state index contributed by atoms with van der Waals surface area (Å²) < 4.78 is 8.04. The molecule has 0 amide bonds. The van der Waals surface area contributed by atoms with Crippen LogP contribution >= 0.6 is 11.3 Å². The van der Waals surface area contributed by atoms with Gasteiger partial charge in [-0.2, -0.15) is 11.3 Å². The summed E-state index contributed by atoms with van der Waals surface area (Å²) in [6.45, 7) is 3.20. The Labute approximate surface area is 170 Å². The van der Waals surface area contributed by atoms with Crippen molar-refractivity contribution in [2.24, 2.45) is 0 Å². The van der Waals surface area contributed by atoms with E-state index in [1.165, 1.54) is 16.5 Å². The second kappa shape index (κ2) is 7.78. The number of aromatic nitrogens is 2. The maximum Gasteiger partial charge on any atom is 0.143 e. The maximum atomic E-state index is 5.71. The molecule has 0 aliphatic heterocycles. The average molecular weight is 392 g/mol. The zero-order valence-corrected chi connectivity index (χ0v) is 17.5. The number of fused-ring (bicyclic) bond motifs is 1. The summed E-state index contributed by atoms with van der Waals surface area (Å²) in [4.78, 5) is 6.74. The number of ether oxygens (including phenoxy) is 1. The van der Waals surface area contributed by atoms with E-state index in [1.807, 2.05) is 18.5 Å². The number of thiophene rings is 1. The highest BCUT2D eigenvalue weighted by Gasteiger charge is 2.18. The molecule has 1 atom stereocenters. The molecule has 1 aromatic carbocycles. The second-order valence-electron chi connectivity index (χ2n) is 7.39. The third-order valence-electron chi connectivity index (χ3n) is 5.04. The first kappa shape index (κ1) is 18.7. The third-order valence-corrected chi connectivity index (χ3v) is 5.73. The molecule has 1 unspecified atom stereocenters. The molecule has 28 heavy (non-hydrogen) atoms. The van der Waals surface area contributed by atoms with Gasteiger partial charge in [-0.1, -0.05) is 12.1 Å². The van der Waals surface area contributed by atoms with E-state index in [-0.39, 0.29) is 0 Å². The molecule has 0 fully saturated rings. The molecule has 0 spiro atoms. The van der Waals surface area contributed by atoms with E-state index in [1.54, 1.807) is 18.4 Å². The molecule has 4 rings (SSSR count). The Bertz CT molecular complexity index is 1080. The molecule has 4 nitrogen and oxygen atoms in total. The Morgan fingerprint density at radius 2 is 1.96 bits per heavy atom. The number of likely N-dealkylation sites (N-methyl/N-ethyl adjacent to an activating group) is 1. The van der Waals surface area contributed by atoms with Gasteiger partial charge in [-0.3, -0.25) is 4.98 Å². The number of hydrogen-bond donors (Lipinski definition) is 0. The zero-order chi connectivity index (χ0) is 19.7. The Morgan fingerprint density at radius 1 is 1.14 bits per heavy atom. The monoisotopic (exact) mass is 391 g/mol. The fourth-order valence-electron chi connectivity index (χ4n) is 3.81. The molecule has 0 saturated carbocycles. The van der Waals surface area contributed by atoms with E-state index in [0.29, 0.717) is 6.04 Å². The molecule has 144 valence electrons. The lowest BCUT2D eigenvalue weighted by Crippen LogP contribution is -2.22. The molecule has 5 heteroatoms. The summed E-state index contributed by atoms with van der Waals surface area (Å²) in [6.07, 6.45) is 6.13. The highest BCUT2D eigenvalue weighted by atomic mass is 32.1. The minimum Gasteiger partial charge on any atom is -0.495 e. The fraction of sp³-hybridized carbons (Fsp3) is 0.261. The van der Waals surface area contributed by atoms with Crippen LogP contribution in [0.5, 0.6) is 5.75 Å². The van der Waals surface area contributed by atoms with Gasteiger partial charge in [0.2, 0.25) is 0 Å². The van der Waals surface area contributed by atoms with Crippen LogP contribution in [0.3, 0.4) is 0 Å². The topological polar surface area (TPSA) is 30.3 Å². The quantitative estimate of drug-likeness (QED) is 0.431. The SMILES string of the molecule is COc1cccc2c(-c3cncc(-c4ccsc4)c3)cn(C(C)CN(C)C)c12. The van der Waals surface area contributed by atoms with Gasteiger partial charge < -0.3 is 14.2 Å². The highest BCUT2D eigenvalue weighted by molar-refractivity contribution is 7.08. The number of methoxy groups -OCH3 is 1. The van der Waals surface area contributed by atoms with Crippen LogP contribution < -0.4 is 4.74 Å². The van der Waals surface area contributed by atoms with E-state index in [0.717, 1.165) is 28.9 Å². The van der Waals surface area contributed by atoms with Crippen molar-refractivity contribution in [3.63, 3.8) is 0 Å². The first-order chi connectivity index (χ1) is 13.6. The fourth-order valence-corrected chi connectivity index (χ4v) is 4.48. The Kier molecular flexibility index (Phi) is 5.20. The standard InChI is InChI=1S/C23H25N3OS/c1-16(13-25(2)3)26-14-21(20-6-5-7-22(27-4)23(20)26)19-10-18(11-24-12-19)17-8-9-28-15-17/h5-12,14-16H,13H2,1-4H3. The number of pyridine rings is 1. The van der Waals surface area contributed by atoms with Gasteiger partial charge >= 0.3 is 0 Å². The van der Waals surface area contributed by atoms with Crippen LogP contribution in [-0.4, -0.2) is 42.2 Å². The molecule has 0 N–H and O–H groups in total. The van der Waals surface area contributed by atoms with Crippen molar-refractivity contribution in [1.82, 2.24) is 14.5 Å². The maximum absolute atomic E-state index is 5.71. The van der Waals surface area contributed by atoms with Crippen molar-refractivity contribution in [3.05, 3.63) is 59.7 Å². The molecule has 0 aliphatic rings. The number of para-hydroxylation sites is 1.